The Kier molecular flexibility index (Phi) is 7.40. The van der Waals surface area contributed by atoms with Gasteiger partial charge in [0, 0.05) is 19.6 Å². The monoisotopic (exact) mass is 448 g/mol. The number of benzene rings is 2. The van der Waals surface area contributed by atoms with E-state index in [0.717, 1.165) is 18.4 Å². The smallest absolute Gasteiger partial charge is 0.257 e. The molecule has 8 nitrogen and oxygen atoms in total. The Morgan fingerprint density at radius 2 is 1.68 bits per heavy atom. The number of nitrogens with zero attached hydrogens (tertiary/aromatic N) is 1. The summed E-state index contributed by atoms with van der Waals surface area (Å²) < 4.78 is 44.5. The van der Waals surface area contributed by atoms with Crippen LogP contribution in [0.1, 0.15) is 35.7 Å². The second-order valence-corrected chi connectivity index (χ2v) is 8.87. The molecule has 0 radical (unpaired) electrons. The average molecular weight is 449 g/mol. The van der Waals surface area contributed by atoms with Gasteiger partial charge in [-0.15, -0.1) is 0 Å². The number of carbonyl (C=O) groups excluding carboxylic acids is 1. The molecule has 0 spiro atoms. The first kappa shape index (κ1) is 22.9. The highest BCUT2D eigenvalue weighted by atomic mass is 32.2. The van der Waals surface area contributed by atoms with Crippen molar-refractivity contribution in [3.05, 3.63) is 47.5 Å². The Bertz CT molecular complexity index is 1030. The zero-order chi connectivity index (χ0) is 22.4. The molecular weight excluding hydrogens is 420 g/mol. The van der Waals surface area contributed by atoms with Crippen LogP contribution in [0.3, 0.4) is 0 Å². The molecule has 0 aromatic heterocycles. The van der Waals surface area contributed by atoms with Crippen molar-refractivity contribution in [2.75, 3.05) is 33.9 Å². The van der Waals surface area contributed by atoms with Gasteiger partial charge in [-0.2, -0.15) is 0 Å². The maximum absolute atomic E-state index is 12.9. The van der Waals surface area contributed by atoms with E-state index >= 15 is 0 Å². The van der Waals surface area contributed by atoms with Gasteiger partial charge in [-0.1, -0.05) is 6.07 Å². The summed E-state index contributed by atoms with van der Waals surface area (Å²) in [5.74, 6) is 1.26. The molecule has 31 heavy (non-hydrogen) atoms. The zero-order valence-corrected chi connectivity index (χ0v) is 18.8. The van der Waals surface area contributed by atoms with Crippen LogP contribution in [-0.4, -0.2) is 53.1 Å². The van der Waals surface area contributed by atoms with Gasteiger partial charge < -0.3 is 19.1 Å². The van der Waals surface area contributed by atoms with Crippen LogP contribution in [0.2, 0.25) is 0 Å². The number of ether oxygens (including phenoxy) is 3. The molecule has 1 heterocycles. The van der Waals surface area contributed by atoms with Gasteiger partial charge >= 0.3 is 0 Å². The van der Waals surface area contributed by atoms with E-state index in [9.17, 15) is 13.2 Å². The van der Waals surface area contributed by atoms with Crippen molar-refractivity contribution in [3.8, 4) is 17.2 Å². The average Bonchev–Trinajstić information content (AvgIpc) is 3.32. The summed E-state index contributed by atoms with van der Waals surface area (Å²) in [6.07, 6.45) is 1.89. The topological polar surface area (TPSA) is 94.2 Å². The first-order valence-electron chi connectivity index (χ1n) is 10.2. The molecule has 2 aromatic carbocycles. The third kappa shape index (κ3) is 5.29. The summed E-state index contributed by atoms with van der Waals surface area (Å²) >= 11 is 0. The van der Waals surface area contributed by atoms with Crippen molar-refractivity contribution in [3.63, 3.8) is 0 Å². The molecular formula is C22H28N2O6S. The van der Waals surface area contributed by atoms with Gasteiger partial charge in [-0.3, -0.25) is 4.79 Å². The fourth-order valence-corrected chi connectivity index (χ4v) is 4.52. The Balaban J connectivity index is 1.81. The van der Waals surface area contributed by atoms with Crippen LogP contribution in [-0.2, 0) is 16.6 Å². The van der Waals surface area contributed by atoms with E-state index in [4.69, 9.17) is 14.2 Å². The van der Waals surface area contributed by atoms with Gasteiger partial charge in [0.25, 0.3) is 5.91 Å². The molecule has 1 fully saturated rings. The van der Waals surface area contributed by atoms with E-state index in [-0.39, 0.29) is 22.9 Å². The molecule has 3 rings (SSSR count). The van der Waals surface area contributed by atoms with Gasteiger partial charge in [0.15, 0.2) is 11.5 Å². The first-order valence-corrected chi connectivity index (χ1v) is 11.6. The van der Waals surface area contributed by atoms with Crippen molar-refractivity contribution < 1.29 is 27.4 Å². The van der Waals surface area contributed by atoms with E-state index in [1.807, 2.05) is 6.92 Å². The number of methoxy groups -OCH3 is 2. The van der Waals surface area contributed by atoms with Gasteiger partial charge in [0.2, 0.25) is 10.0 Å². The lowest BCUT2D eigenvalue weighted by molar-refractivity contribution is 0.0789. The van der Waals surface area contributed by atoms with Crippen molar-refractivity contribution in [2.24, 2.45) is 0 Å². The standard InChI is InChI=1S/C22H28N2O6S/c1-4-30-21-13-16(7-9-20(21)29-3)15-23-31(26,27)17-8-10-19(28-2)18(14-17)22(25)24-11-5-6-12-24/h7-10,13-14,23H,4-6,11-12,15H2,1-3H3. The number of amides is 1. The lowest BCUT2D eigenvalue weighted by Crippen LogP contribution is -2.29. The number of likely N-dealkylation sites (tertiary alicyclic amines) is 1. The molecule has 0 unspecified atom stereocenters. The molecule has 0 bridgehead atoms. The van der Waals surface area contributed by atoms with E-state index < -0.39 is 10.0 Å². The maximum atomic E-state index is 12.9. The molecule has 9 heteroatoms. The normalized spacial score (nSPS) is 13.8. The number of rotatable bonds is 9. The van der Waals surface area contributed by atoms with Crippen LogP contribution in [0.5, 0.6) is 17.2 Å². The molecule has 0 aliphatic carbocycles. The Labute approximate surface area is 183 Å². The molecule has 1 saturated heterocycles. The van der Waals surface area contributed by atoms with Crippen molar-refractivity contribution in [1.29, 1.82) is 0 Å². The largest absolute Gasteiger partial charge is 0.496 e. The van der Waals surface area contributed by atoms with Gasteiger partial charge in [0.05, 0.1) is 31.3 Å². The van der Waals surface area contributed by atoms with Crippen molar-refractivity contribution in [1.82, 2.24) is 9.62 Å². The SMILES string of the molecule is CCOc1cc(CNS(=O)(=O)c2ccc(OC)c(C(=O)N3CCCC3)c2)ccc1OC. The van der Waals surface area contributed by atoms with Gasteiger partial charge in [0.1, 0.15) is 5.75 Å². The Hall–Kier alpha value is -2.78. The van der Waals surface area contributed by atoms with E-state index in [2.05, 4.69) is 4.72 Å². The number of nitrogens with one attached hydrogen (secondary N) is 1. The minimum Gasteiger partial charge on any atom is -0.496 e. The summed E-state index contributed by atoms with van der Waals surface area (Å²) in [5.41, 5.74) is 0.963. The van der Waals surface area contributed by atoms with Crippen LogP contribution in [0.4, 0.5) is 0 Å². The van der Waals surface area contributed by atoms with Crippen LogP contribution in [0.15, 0.2) is 41.3 Å². The third-order valence-corrected chi connectivity index (χ3v) is 6.50. The zero-order valence-electron chi connectivity index (χ0n) is 18.0. The molecule has 1 N–H and O–H groups in total. The third-order valence-electron chi connectivity index (χ3n) is 5.10. The van der Waals surface area contributed by atoms with E-state index in [0.29, 0.717) is 36.9 Å². The molecule has 1 aliphatic rings. The molecule has 0 atom stereocenters. The van der Waals surface area contributed by atoms with Gasteiger partial charge in [-0.05, 0) is 55.7 Å². The number of hydrogen-bond donors (Lipinski definition) is 1. The fraction of sp³-hybridized carbons (Fsp3) is 0.409. The molecule has 1 aliphatic heterocycles. The summed E-state index contributed by atoms with van der Waals surface area (Å²) in [7, 11) is -0.845. The molecule has 2 aromatic rings. The molecule has 1 amide bonds. The van der Waals surface area contributed by atoms with E-state index in [1.54, 1.807) is 30.2 Å². The molecule has 168 valence electrons. The highest BCUT2D eigenvalue weighted by Gasteiger charge is 2.25. The minimum absolute atomic E-state index is 0.00869. The van der Waals surface area contributed by atoms with Gasteiger partial charge in [-0.25, -0.2) is 13.1 Å². The number of hydrogen-bond acceptors (Lipinski definition) is 6. The minimum atomic E-state index is -3.85. The lowest BCUT2D eigenvalue weighted by atomic mass is 10.1. The summed E-state index contributed by atoms with van der Waals surface area (Å²) in [5, 5.41) is 0. The number of carbonyl (C=O) groups is 1. The first-order chi connectivity index (χ1) is 14.9. The molecule has 0 saturated carbocycles. The summed E-state index contributed by atoms with van der Waals surface area (Å²) in [6.45, 7) is 3.71. The van der Waals surface area contributed by atoms with Crippen molar-refractivity contribution >= 4 is 15.9 Å². The summed E-state index contributed by atoms with van der Waals surface area (Å²) in [6, 6.07) is 9.55. The van der Waals surface area contributed by atoms with E-state index in [1.165, 1.54) is 25.3 Å². The summed E-state index contributed by atoms with van der Waals surface area (Å²) in [4.78, 5) is 14.6. The predicted octanol–water partition coefficient (Wildman–Crippen LogP) is 2.82. The van der Waals surface area contributed by atoms with Crippen LogP contribution in [0, 0.1) is 0 Å². The lowest BCUT2D eigenvalue weighted by Gasteiger charge is -2.18. The second-order valence-electron chi connectivity index (χ2n) is 7.10. The second kappa shape index (κ2) is 10.0. The predicted molar refractivity (Wildman–Crippen MR) is 116 cm³/mol. The quantitative estimate of drug-likeness (QED) is 0.634. The number of sulfonamides is 1. The highest BCUT2D eigenvalue weighted by molar-refractivity contribution is 7.89. The van der Waals surface area contributed by atoms with Crippen LogP contribution in [0.25, 0.3) is 0 Å². The van der Waals surface area contributed by atoms with Crippen LogP contribution < -0.4 is 18.9 Å². The highest BCUT2D eigenvalue weighted by Crippen LogP contribution is 2.29. The Morgan fingerprint density at radius 3 is 2.32 bits per heavy atom. The van der Waals surface area contributed by atoms with Crippen LogP contribution >= 0.6 is 0 Å². The fourth-order valence-electron chi connectivity index (χ4n) is 3.47. The maximum Gasteiger partial charge on any atom is 0.257 e. The Morgan fingerprint density at radius 1 is 1.00 bits per heavy atom. The van der Waals surface area contributed by atoms with Crippen molar-refractivity contribution in [2.45, 2.75) is 31.2 Å².